The monoisotopic (exact) mass is 439 g/mol. The number of unbranched alkanes of at least 4 members (excludes halogenated alkanes) is 1. The number of nitrogens with one attached hydrogen (secondary N) is 2. The van der Waals surface area contributed by atoms with Gasteiger partial charge in [0.15, 0.2) is 11.5 Å². The van der Waals surface area contributed by atoms with Gasteiger partial charge < -0.3 is 19.5 Å². The molecule has 2 aromatic rings. The van der Waals surface area contributed by atoms with Crippen molar-refractivity contribution in [2.75, 3.05) is 13.4 Å². The summed E-state index contributed by atoms with van der Waals surface area (Å²) in [6.07, 6.45) is 3.60. The van der Waals surface area contributed by atoms with Crippen LogP contribution in [0.15, 0.2) is 47.6 Å². The van der Waals surface area contributed by atoms with Crippen molar-refractivity contribution >= 4 is 18.0 Å². The van der Waals surface area contributed by atoms with Gasteiger partial charge in [-0.15, -0.1) is 0 Å². The Labute approximate surface area is 187 Å². The van der Waals surface area contributed by atoms with E-state index in [1.807, 2.05) is 38.1 Å². The Kier molecular flexibility index (Phi) is 8.08. The lowest BCUT2D eigenvalue weighted by Crippen LogP contribution is -2.48. The molecule has 0 saturated heterocycles. The summed E-state index contributed by atoms with van der Waals surface area (Å²) in [5.41, 5.74) is 3.69. The van der Waals surface area contributed by atoms with Crippen molar-refractivity contribution in [3.05, 3.63) is 53.6 Å². The van der Waals surface area contributed by atoms with Gasteiger partial charge in [-0.3, -0.25) is 9.59 Å². The molecule has 2 aromatic carbocycles. The van der Waals surface area contributed by atoms with Crippen LogP contribution in [-0.2, 0) is 4.79 Å². The predicted molar refractivity (Wildman–Crippen MR) is 121 cm³/mol. The van der Waals surface area contributed by atoms with E-state index in [9.17, 15) is 9.59 Å². The third kappa shape index (κ3) is 6.23. The summed E-state index contributed by atoms with van der Waals surface area (Å²) in [4.78, 5) is 25.3. The Bertz CT molecular complexity index is 974. The van der Waals surface area contributed by atoms with Crippen LogP contribution in [0.25, 0.3) is 0 Å². The first-order valence-electron chi connectivity index (χ1n) is 10.7. The van der Waals surface area contributed by atoms with Crippen LogP contribution >= 0.6 is 0 Å². The Morgan fingerprint density at radius 3 is 2.75 bits per heavy atom. The number of hydrazone groups is 1. The van der Waals surface area contributed by atoms with Gasteiger partial charge in [0.25, 0.3) is 11.8 Å². The molecule has 1 aliphatic heterocycles. The fourth-order valence-corrected chi connectivity index (χ4v) is 3.06. The number of benzene rings is 2. The number of ether oxygens (including phenoxy) is 3. The number of carbonyl (C=O) groups is 2. The molecular formula is C24H29N3O5. The van der Waals surface area contributed by atoms with Gasteiger partial charge in [0.2, 0.25) is 6.79 Å². The molecular weight excluding hydrogens is 410 g/mol. The quantitative estimate of drug-likeness (QED) is 0.335. The Balaban J connectivity index is 1.58. The molecule has 8 heteroatoms. The fraction of sp³-hybridized carbons (Fsp3) is 0.375. The van der Waals surface area contributed by atoms with E-state index in [4.69, 9.17) is 14.2 Å². The van der Waals surface area contributed by atoms with Crippen molar-refractivity contribution in [3.8, 4) is 17.2 Å². The summed E-state index contributed by atoms with van der Waals surface area (Å²) in [7, 11) is 0. The van der Waals surface area contributed by atoms with Gasteiger partial charge in [-0.05, 0) is 48.2 Å². The third-order valence-electron chi connectivity index (χ3n) is 4.88. The topological polar surface area (TPSA) is 98.2 Å². The molecule has 0 bridgehead atoms. The molecule has 0 fully saturated rings. The molecule has 0 saturated carbocycles. The molecule has 32 heavy (non-hydrogen) atoms. The lowest BCUT2D eigenvalue weighted by molar-refractivity contribution is -0.123. The normalized spacial score (nSPS) is 13.2. The van der Waals surface area contributed by atoms with Crippen LogP contribution in [0.2, 0.25) is 0 Å². The molecule has 0 aromatic heterocycles. The van der Waals surface area contributed by atoms with Crippen LogP contribution in [0.3, 0.4) is 0 Å². The smallest absolute Gasteiger partial charge is 0.262 e. The number of fused-ring (bicyclic) bond motifs is 1. The van der Waals surface area contributed by atoms with Gasteiger partial charge in [0.1, 0.15) is 11.8 Å². The number of hydrogen-bond acceptors (Lipinski definition) is 6. The maximum Gasteiger partial charge on any atom is 0.262 e. The van der Waals surface area contributed by atoms with E-state index in [2.05, 4.69) is 22.8 Å². The first-order chi connectivity index (χ1) is 15.5. The summed E-state index contributed by atoms with van der Waals surface area (Å²) < 4.78 is 16.3. The molecule has 0 spiro atoms. The highest BCUT2D eigenvalue weighted by atomic mass is 16.7. The second kappa shape index (κ2) is 11.2. The summed E-state index contributed by atoms with van der Waals surface area (Å²) >= 11 is 0. The molecule has 3 rings (SSSR count). The SMILES string of the molecule is CCCCOc1cccc(/C=N/NC(=O)C(NC(=O)c2ccc3c(c2)OCO3)C(C)C)c1. The fourth-order valence-electron chi connectivity index (χ4n) is 3.06. The van der Waals surface area contributed by atoms with Gasteiger partial charge in [-0.2, -0.15) is 5.10 Å². The molecule has 2 N–H and O–H groups in total. The van der Waals surface area contributed by atoms with E-state index in [1.54, 1.807) is 24.4 Å². The standard InChI is InChI=1S/C24H29N3O5/c1-4-5-11-30-19-8-6-7-17(12-19)14-25-27-24(29)22(16(2)3)26-23(28)18-9-10-20-21(13-18)32-15-31-20/h6-10,12-14,16,22H,4-5,11,15H2,1-3H3,(H,26,28)(H,27,29)/b25-14+. The molecule has 0 aliphatic carbocycles. The van der Waals surface area contributed by atoms with E-state index in [1.165, 1.54) is 0 Å². The average molecular weight is 440 g/mol. The number of rotatable bonds is 10. The Hall–Kier alpha value is -3.55. The van der Waals surface area contributed by atoms with Gasteiger partial charge >= 0.3 is 0 Å². The first kappa shape index (κ1) is 23.1. The highest BCUT2D eigenvalue weighted by molar-refractivity contribution is 5.98. The van der Waals surface area contributed by atoms with Gasteiger partial charge in [0, 0.05) is 5.56 Å². The molecule has 1 atom stereocenters. The van der Waals surface area contributed by atoms with E-state index in [0.717, 1.165) is 24.2 Å². The zero-order valence-corrected chi connectivity index (χ0v) is 18.6. The zero-order valence-electron chi connectivity index (χ0n) is 18.6. The highest BCUT2D eigenvalue weighted by Gasteiger charge is 2.25. The predicted octanol–water partition coefficient (Wildman–Crippen LogP) is 3.50. The highest BCUT2D eigenvalue weighted by Crippen LogP contribution is 2.32. The van der Waals surface area contributed by atoms with Crippen LogP contribution in [0.1, 0.15) is 49.5 Å². The van der Waals surface area contributed by atoms with E-state index in [-0.39, 0.29) is 18.6 Å². The van der Waals surface area contributed by atoms with Crippen molar-refractivity contribution in [1.29, 1.82) is 0 Å². The van der Waals surface area contributed by atoms with Crippen molar-refractivity contribution in [3.63, 3.8) is 0 Å². The van der Waals surface area contributed by atoms with Crippen LogP contribution in [0, 0.1) is 5.92 Å². The third-order valence-corrected chi connectivity index (χ3v) is 4.88. The lowest BCUT2D eigenvalue weighted by Gasteiger charge is -2.20. The van der Waals surface area contributed by atoms with Crippen LogP contribution < -0.4 is 25.0 Å². The van der Waals surface area contributed by atoms with Gasteiger partial charge in [-0.25, -0.2) is 5.43 Å². The molecule has 1 aliphatic rings. The first-order valence-corrected chi connectivity index (χ1v) is 10.7. The number of nitrogens with zero attached hydrogens (tertiary/aromatic N) is 1. The molecule has 0 radical (unpaired) electrons. The second-order valence-corrected chi connectivity index (χ2v) is 7.77. The summed E-state index contributed by atoms with van der Waals surface area (Å²) in [6.45, 7) is 6.60. The summed E-state index contributed by atoms with van der Waals surface area (Å²) in [5.74, 6) is 0.935. The minimum atomic E-state index is -0.756. The van der Waals surface area contributed by atoms with Crippen molar-refractivity contribution in [1.82, 2.24) is 10.7 Å². The maximum atomic E-state index is 12.7. The number of carbonyl (C=O) groups excluding carboxylic acids is 2. The van der Waals surface area contributed by atoms with E-state index >= 15 is 0 Å². The van der Waals surface area contributed by atoms with Gasteiger partial charge in [-0.1, -0.05) is 39.3 Å². The van der Waals surface area contributed by atoms with Crippen LogP contribution in [0.4, 0.5) is 0 Å². The van der Waals surface area contributed by atoms with Crippen molar-refractivity contribution in [2.24, 2.45) is 11.0 Å². The maximum absolute atomic E-state index is 12.7. The second-order valence-electron chi connectivity index (χ2n) is 7.77. The minimum Gasteiger partial charge on any atom is -0.494 e. The van der Waals surface area contributed by atoms with Gasteiger partial charge in [0.05, 0.1) is 12.8 Å². The van der Waals surface area contributed by atoms with Crippen LogP contribution in [-0.4, -0.2) is 37.5 Å². The van der Waals surface area contributed by atoms with Crippen molar-refractivity contribution in [2.45, 2.75) is 39.7 Å². The van der Waals surface area contributed by atoms with Crippen LogP contribution in [0.5, 0.6) is 17.2 Å². The molecule has 170 valence electrons. The molecule has 8 nitrogen and oxygen atoms in total. The molecule has 1 heterocycles. The van der Waals surface area contributed by atoms with E-state index < -0.39 is 11.9 Å². The summed E-state index contributed by atoms with van der Waals surface area (Å²) in [6, 6.07) is 11.6. The molecule has 2 amide bonds. The molecule has 1 unspecified atom stereocenters. The zero-order chi connectivity index (χ0) is 22.9. The summed E-state index contributed by atoms with van der Waals surface area (Å²) in [5, 5.41) is 6.81. The Morgan fingerprint density at radius 2 is 1.97 bits per heavy atom. The van der Waals surface area contributed by atoms with Crippen molar-refractivity contribution < 1.29 is 23.8 Å². The Morgan fingerprint density at radius 1 is 1.16 bits per heavy atom. The largest absolute Gasteiger partial charge is 0.494 e. The minimum absolute atomic E-state index is 0.128. The lowest BCUT2D eigenvalue weighted by atomic mass is 10.0. The van der Waals surface area contributed by atoms with E-state index in [0.29, 0.717) is 23.7 Å². The number of amides is 2. The average Bonchev–Trinajstić information content (AvgIpc) is 3.25. The number of hydrogen-bond donors (Lipinski definition) is 2.